The molecule has 1 heterocycles. The van der Waals surface area contributed by atoms with E-state index in [1.807, 2.05) is 20.8 Å². The van der Waals surface area contributed by atoms with Crippen LogP contribution in [0.5, 0.6) is 0 Å². The Hall–Kier alpha value is -1.14. The smallest absolute Gasteiger partial charge is 0.322 e. The van der Waals surface area contributed by atoms with Crippen molar-refractivity contribution in [1.29, 1.82) is 0 Å². The summed E-state index contributed by atoms with van der Waals surface area (Å²) >= 11 is 0. The van der Waals surface area contributed by atoms with Gasteiger partial charge in [-0.3, -0.25) is 14.5 Å². The number of carbonyl (C=O) groups excluding carboxylic acids is 1. The molecule has 1 rings (SSSR count). The van der Waals surface area contributed by atoms with Gasteiger partial charge in [-0.1, -0.05) is 6.92 Å². The average Bonchev–Trinajstić information content (AvgIpc) is 2.28. The number of rotatable bonds is 5. The third-order valence-electron chi connectivity index (χ3n) is 3.35. The lowest BCUT2D eigenvalue weighted by Gasteiger charge is -2.34. The fourth-order valence-electron chi connectivity index (χ4n) is 1.87. The molecule has 0 spiro atoms. The zero-order valence-electron chi connectivity index (χ0n) is 11.3. The highest BCUT2D eigenvalue weighted by Gasteiger charge is 2.30. The van der Waals surface area contributed by atoms with Gasteiger partial charge in [0.1, 0.15) is 6.04 Å². The molecule has 0 saturated carbocycles. The fraction of sp³-hybridized carbons (Fsp3) is 0.833. The van der Waals surface area contributed by atoms with Crippen LogP contribution in [0.15, 0.2) is 0 Å². The summed E-state index contributed by atoms with van der Waals surface area (Å²) in [6.45, 7) is 7.74. The second-order valence-corrected chi connectivity index (χ2v) is 5.31. The Bertz CT molecular complexity index is 318. The number of amides is 1. The van der Waals surface area contributed by atoms with E-state index in [-0.39, 0.29) is 18.0 Å². The molecule has 18 heavy (non-hydrogen) atoms. The molecule has 6 heteroatoms. The van der Waals surface area contributed by atoms with Crippen LogP contribution in [-0.4, -0.2) is 59.6 Å². The summed E-state index contributed by atoms with van der Waals surface area (Å²) < 4.78 is 0. The van der Waals surface area contributed by atoms with E-state index >= 15 is 0 Å². The largest absolute Gasteiger partial charge is 0.480 e. The van der Waals surface area contributed by atoms with Crippen LogP contribution >= 0.6 is 0 Å². The summed E-state index contributed by atoms with van der Waals surface area (Å²) in [5, 5.41) is 15.0. The Balaban J connectivity index is 2.54. The highest BCUT2D eigenvalue weighted by molar-refractivity contribution is 5.80. The minimum atomic E-state index is -0.884. The summed E-state index contributed by atoms with van der Waals surface area (Å²) in [7, 11) is 0. The summed E-state index contributed by atoms with van der Waals surface area (Å²) in [4.78, 5) is 24.7. The molecule has 0 bridgehead atoms. The average molecular weight is 257 g/mol. The van der Waals surface area contributed by atoms with E-state index in [0.29, 0.717) is 19.6 Å². The van der Waals surface area contributed by atoms with Crippen LogP contribution in [0.3, 0.4) is 0 Å². The van der Waals surface area contributed by atoms with Crippen molar-refractivity contribution in [2.24, 2.45) is 0 Å². The molecule has 1 amide bonds. The Labute approximate surface area is 108 Å². The number of nitrogens with one attached hydrogen (secondary N) is 2. The molecule has 1 aliphatic heterocycles. The molecular formula is C12H23N3O3. The molecule has 1 fully saturated rings. The Morgan fingerprint density at radius 3 is 2.72 bits per heavy atom. The molecule has 6 nitrogen and oxygen atoms in total. The van der Waals surface area contributed by atoms with Gasteiger partial charge in [-0.25, -0.2) is 0 Å². The molecule has 0 aromatic carbocycles. The van der Waals surface area contributed by atoms with E-state index in [1.54, 1.807) is 4.90 Å². The minimum absolute atomic E-state index is 0.116. The van der Waals surface area contributed by atoms with Crippen LogP contribution in [0.4, 0.5) is 0 Å². The molecule has 1 aliphatic rings. The van der Waals surface area contributed by atoms with Gasteiger partial charge in [0.25, 0.3) is 0 Å². The summed E-state index contributed by atoms with van der Waals surface area (Å²) in [6, 6.07) is -0.616. The zero-order valence-corrected chi connectivity index (χ0v) is 11.3. The van der Waals surface area contributed by atoms with Crippen LogP contribution in [0.2, 0.25) is 0 Å². The maximum absolute atomic E-state index is 11.9. The van der Waals surface area contributed by atoms with Crippen LogP contribution in [0.1, 0.15) is 27.2 Å². The number of carboxylic acid groups (broad SMARTS) is 1. The third kappa shape index (κ3) is 4.27. The molecule has 0 aliphatic carbocycles. The SMILES string of the molecule is CCC(C)(C)NC(=O)CN1CCNCC1C(=O)O. The number of piperazine rings is 1. The molecule has 0 aromatic heterocycles. The molecule has 3 N–H and O–H groups in total. The Morgan fingerprint density at radius 1 is 1.50 bits per heavy atom. The topological polar surface area (TPSA) is 81.7 Å². The second-order valence-electron chi connectivity index (χ2n) is 5.31. The van der Waals surface area contributed by atoms with Crippen molar-refractivity contribution in [3.05, 3.63) is 0 Å². The van der Waals surface area contributed by atoms with Crippen LogP contribution in [0.25, 0.3) is 0 Å². The molecule has 1 saturated heterocycles. The van der Waals surface area contributed by atoms with Gasteiger partial charge in [-0.15, -0.1) is 0 Å². The van der Waals surface area contributed by atoms with Gasteiger partial charge in [-0.05, 0) is 20.3 Å². The van der Waals surface area contributed by atoms with Gasteiger partial charge in [0.15, 0.2) is 0 Å². The van der Waals surface area contributed by atoms with Crippen molar-refractivity contribution >= 4 is 11.9 Å². The quantitative estimate of drug-likeness (QED) is 0.627. The second kappa shape index (κ2) is 6.15. The van der Waals surface area contributed by atoms with Crippen molar-refractivity contribution in [2.45, 2.75) is 38.8 Å². The highest BCUT2D eigenvalue weighted by atomic mass is 16.4. The lowest BCUT2D eigenvalue weighted by molar-refractivity contribution is -0.144. The van der Waals surface area contributed by atoms with Gasteiger partial charge in [0, 0.05) is 25.2 Å². The molecule has 104 valence electrons. The molecule has 0 radical (unpaired) electrons. The fourth-order valence-corrected chi connectivity index (χ4v) is 1.87. The van der Waals surface area contributed by atoms with Gasteiger partial charge in [0.05, 0.1) is 6.54 Å². The standard InChI is InChI=1S/C12H23N3O3/c1-4-12(2,3)14-10(16)8-15-6-5-13-7-9(15)11(17)18/h9,13H,4-8H2,1-3H3,(H,14,16)(H,17,18). The minimum Gasteiger partial charge on any atom is -0.480 e. The summed E-state index contributed by atoms with van der Waals surface area (Å²) in [5.74, 6) is -1.00. The van der Waals surface area contributed by atoms with Crippen molar-refractivity contribution in [3.63, 3.8) is 0 Å². The Morgan fingerprint density at radius 2 is 2.17 bits per heavy atom. The summed E-state index contributed by atoms with van der Waals surface area (Å²) in [5.41, 5.74) is -0.246. The number of hydrogen-bond donors (Lipinski definition) is 3. The molecular weight excluding hydrogens is 234 g/mol. The van der Waals surface area contributed by atoms with E-state index in [4.69, 9.17) is 5.11 Å². The van der Waals surface area contributed by atoms with Crippen molar-refractivity contribution in [2.75, 3.05) is 26.2 Å². The monoisotopic (exact) mass is 257 g/mol. The number of carboxylic acids is 1. The third-order valence-corrected chi connectivity index (χ3v) is 3.35. The first-order valence-electron chi connectivity index (χ1n) is 6.34. The summed E-state index contributed by atoms with van der Waals surface area (Å²) in [6.07, 6.45) is 0.836. The van der Waals surface area contributed by atoms with E-state index in [9.17, 15) is 9.59 Å². The van der Waals surface area contributed by atoms with Gasteiger partial charge in [-0.2, -0.15) is 0 Å². The first-order chi connectivity index (χ1) is 8.35. The van der Waals surface area contributed by atoms with Crippen LogP contribution < -0.4 is 10.6 Å². The first-order valence-corrected chi connectivity index (χ1v) is 6.34. The normalized spacial score (nSPS) is 21.6. The van der Waals surface area contributed by atoms with Crippen LogP contribution in [0, 0.1) is 0 Å². The lowest BCUT2D eigenvalue weighted by atomic mass is 10.0. The molecule has 1 atom stereocenters. The maximum Gasteiger partial charge on any atom is 0.322 e. The van der Waals surface area contributed by atoms with Gasteiger partial charge < -0.3 is 15.7 Å². The predicted octanol–water partition coefficient (Wildman–Crippen LogP) is -0.350. The van der Waals surface area contributed by atoms with Crippen LogP contribution in [-0.2, 0) is 9.59 Å². The zero-order chi connectivity index (χ0) is 13.8. The maximum atomic E-state index is 11.9. The first kappa shape index (κ1) is 14.9. The number of nitrogens with zero attached hydrogens (tertiary/aromatic N) is 1. The van der Waals surface area contributed by atoms with Crippen molar-refractivity contribution < 1.29 is 14.7 Å². The lowest BCUT2D eigenvalue weighted by Crippen LogP contribution is -2.58. The van der Waals surface area contributed by atoms with E-state index in [0.717, 1.165) is 6.42 Å². The highest BCUT2D eigenvalue weighted by Crippen LogP contribution is 2.08. The van der Waals surface area contributed by atoms with Gasteiger partial charge in [0.2, 0.25) is 5.91 Å². The number of carbonyl (C=O) groups is 2. The van der Waals surface area contributed by atoms with E-state index in [2.05, 4.69) is 10.6 Å². The molecule has 0 aromatic rings. The van der Waals surface area contributed by atoms with Crippen molar-refractivity contribution in [1.82, 2.24) is 15.5 Å². The van der Waals surface area contributed by atoms with Gasteiger partial charge >= 0.3 is 5.97 Å². The molecule has 1 unspecified atom stereocenters. The Kier molecular flexibility index (Phi) is 5.10. The predicted molar refractivity (Wildman–Crippen MR) is 68.4 cm³/mol. The number of aliphatic carboxylic acids is 1. The number of hydrogen-bond acceptors (Lipinski definition) is 4. The van der Waals surface area contributed by atoms with Crippen molar-refractivity contribution in [3.8, 4) is 0 Å². The van der Waals surface area contributed by atoms with E-state index in [1.165, 1.54) is 0 Å². The van der Waals surface area contributed by atoms with E-state index < -0.39 is 12.0 Å².